The van der Waals surface area contributed by atoms with Crippen LogP contribution in [0.15, 0.2) is 57.9 Å². The third-order valence-corrected chi connectivity index (χ3v) is 5.18. The lowest BCUT2D eigenvalue weighted by atomic mass is 10.1. The number of benzene rings is 2. The highest BCUT2D eigenvalue weighted by Crippen LogP contribution is 2.35. The van der Waals surface area contributed by atoms with E-state index in [-0.39, 0.29) is 17.7 Å². The number of amides is 2. The van der Waals surface area contributed by atoms with Crippen LogP contribution in [-0.2, 0) is 11.3 Å². The number of rotatable bonds is 6. The van der Waals surface area contributed by atoms with Crippen molar-refractivity contribution in [3.8, 4) is 5.75 Å². The topological polar surface area (TPSA) is 46.6 Å². The Kier molecular flexibility index (Phi) is 6.16. The van der Waals surface area contributed by atoms with Crippen molar-refractivity contribution in [1.82, 2.24) is 4.90 Å². The third-order valence-electron chi connectivity index (χ3n) is 3.78. The van der Waals surface area contributed by atoms with Gasteiger partial charge in [-0.15, -0.1) is 0 Å². The predicted octanol–water partition coefficient (Wildman–Crippen LogP) is 5.47. The molecule has 0 atom stereocenters. The maximum atomic E-state index is 12.7. The number of ether oxygens (including phenoxy) is 1. The number of thioether (sulfide) groups is 1. The summed E-state index contributed by atoms with van der Waals surface area (Å²) in [6, 6.07) is 15.1. The minimum Gasteiger partial charge on any atom is -0.493 e. The van der Waals surface area contributed by atoms with Gasteiger partial charge in [-0.1, -0.05) is 53.2 Å². The van der Waals surface area contributed by atoms with Gasteiger partial charge in [-0.25, -0.2) is 0 Å². The van der Waals surface area contributed by atoms with Crippen LogP contribution in [-0.4, -0.2) is 22.7 Å². The lowest BCUT2D eigenvalue weighted by Gasteiger charge is -2.12. The molecule has 0 N–H and O–H groups in total. The lowest BCUT2D eigenvalue weighted by Crippen LogP contribution is -2.27. The van der Waals surface area contributed by atoms with Crippen molar-refractivity contribution in [3.05, 3.63) is 69.0 Å². The van der Waals surface area contributed by atoms with Crippen LogP contribution in [0, 0.1) is 0 Å². The van der Waals surface area contributed by atoms with E-state index in [0.29, 0.717) is 17.3 Å². The van der Waals surface area contributed by atoms with E-state index in [2.05, 4.69) is 15.9 Å². The van der Waals surface area contributed by atoms with Crippen molar-refractivity contribution in [2.24, 2.45) is 0 Å². The van der Waals surface area contributed by atoms with E-state index in [1.807, 2.05) is 55.5 Å². The maximum Gasteiger partial charge on any atom is 0.293 e. The van der Waals surface area contributed by atoms with E-state index in [1.165, 1.54) is 4.90 Å². The Morgan fingerprint density at radius 3 is 2.65 bits per heavy atom. The van der Waals surface area contributed by atoms with Gasteiger partial charge < -0.3 is 4.74 Å². The summed E-state index contributed by atoms with van der Waals surface area (Å²) in [4.78, 5) is 26.7. The van der Waals surface area contributed by atoms with Crippen LogP contribution in [0.2, 0.25) is 0 Å². The highest BCUT2D eigenvalue weighted by molar-refractivity contribution is 9.10. The van der Waals surface area contributed by atoms with Gasteiger partial charge in [-0.3, -0.25) is 14.5 Å². The van der Waals surface area contributed by atoms with Crippen molar-refractivity contribution in [1.29, 1.82) is 0 Å². The molecule has 1 saturated heterocycles. The lowest BCUT2D eigenvalue weighted by molar-refractivity contribution is -0.123. The van der Waals surface area contributed by atoms with Gasteiger partial charge in [0.1, 0.15) is 5.75 Å². The summed E-state index contributed by atoms with van der Waals surface area (Å²) in [5.74, 6) is 0.426. The molecule has 0 unspecified atom stereocenters. The first-order valence-corrected chi connectivity index (χ1v) is 9.91. The summed E-state index contributed by atoms with van der Waals surface area (Å²) >= 11 is 4.41. The number of hydrogen-bond acceptors (Lipinski definition) is 4. The molecule has 1 fully saturated rings. The van der Waals surface area contributed by atoms with Gasteiger partial charge in [0.25, 0.3) is 11.1 Å². The van der Waals surface area contributed by atoms with Gasteiger partial charge in [0.05, 0.1) is 18.1 Å². The summed E-state index contributed by atoms with van der Waals surface area (Å²) in [6.45, 7) is 2.91. The molecular formula is C20H18BrNO3S. The molecule has 0 aliphatic carbocycles. The number of nitrogens with zero attached hydrogens (tertiary/aromatic N) is 1. The molecule has 2 aromatic rings. The minimum atomic E-state index is -0.273. The molecule has 0 saturated carbocycles. The number of imide groups is 1. The Morgan fingerprint density at radius 1 is 1.15 bits per heavy atom. The highest BCUT2D eigenvalue weighted by Gasteiger charge is 2.35. The van der Waals surface area contributed by atoms with Crippen molar-refractivity contribution in [2.75, 3.05) is 6.61 Å². The molecule has 0 bridgehead atoms. The highest BCUT2D eigenvalue weighted by atomic mass is 79.9. The largest absolute Gasteiger partial charge is 0.493 e. The summed E-state index contributed by atoms with van der Waals surface area (Å²) in [7, 11) is 0. The SMILES string of the molecule is CCCOc1ccc(Br)cc1/C=C1/SC(=O)N(Cc2ccccc2)C1=O. The van der Waals surface area contributed by atoms with Crippen molar-refractivity contribution in [3.63, 3.8) is 0 Å². The monoisotopic (exact) mass is 431 g/mol. The van der Waals surface area contributed by atoms with E-state index >= 15 is 0 Å². The Balaban J connectivity index is 1.85. The minimum absolute atomic E-state index is 0.254. The van der Waals surface area contributed by atoms with E-state index in [0.717, 1.165) is 33.8 Å². The maximum absolute atomic E-state index is 12.7. The molecule has 0 radical (unpaired) electrons. The van der Waals surface area contributed by atoms with Gasteiger partial charge in [0.15, 0.2) is 0 Å². The first-order chi connectivity index (χ1) is 12.6. The van der Waals surface area contributed by atoms with Crippen LogP contribution in [0.5, 0.6) is 5.75 Å². The van der Waals surface area contributed by atoms with Crippen LogP contribution >= 0.6 is 27.7 Å². The van der Waals surface area contributed by atoms with E-state index in [4.69, 9.17) is 4.74 Å². The molecule has 3 rings (SSSR count). The first-order valence-electron chi connectivity index (χ1n) is 8.30. The standard InChI is InChI=1S/C20H18BrNO3S/c1-2-10-25-17-9-8-16(21)11-15(17)12-18-19(23)22(20(24)26-18)13-14-6-4-3-5-7-14/h3-9,11-12H,2,10,13H2,1H3/b18-12+. The average Bonchev–Trinajstić information content (AvgIpc) is 2.89. The second kappa shape index (κ2) is 8.56. The van der Waals surface area contributed by atoms with E-state index < -0.39 is 0 Å². The molecule has 1 aliphatic rings. The quantitative estimate of drug-likeness (QED) is 0.568. The van der Waals surface area contributed by atoms with Crippen LogP contribution < -0.4 is 4.74 Å². The second-order valence-electron chi connectivity index (χ2n) is 5.78. The Hall–Kier alpha value is -2.05. The first kappa shape index (κ1) is 18.7. The van der Waals surface area contributed by atoms with Gasteiger partial charge in [-0.05, 0) is 48.0 Å². The van der Waals surface area contributed by atoms with Crippen molar-refractivity contribution < 1.29 is 14.3 Å². The van der Waals surface area contributed by atoms with Gasteiger partial charge in [-0.2, -0.15) is 0 Å². The summed E-state index contributed by atoms with van der Waals surface area (Å²) in [5, 5.41) is -0.254. The molecule has 134 valence electrons. The zero-order valence-corrected chi connectivity index (χ0v) is 16.7. The second-order valence-corrected chi connectivity index (χ2v) is 7.69. The van der Waals surface area contributed by atoms with Crippen molar-refractivity contribution >= 4 is 44.9 Å². The normalized spacial score (nSPS) is 15.8. The number of halogens is 1. The molecule has 0 spiro atoms. The van der Waals surface area contributed by atoms with Gasteiger partial charge in [0, 0.05) is 10.0 Å². The van der Waals surface area contributed by atoms with Gasteiger partial charge in [0.2, 0.25) is 0 Å². The fourth-order valence-corrected chi connectivity index (χ4v) is 3.73. The van der Waals surface area contributed by atoms with Gasteiger partial charge >= 0.3 is 0 Å². The van der Waals surface area contributed by atoms with Crippen LogP contribution in [0.25, 0.3) is 6.08 Å². The summed E-state index contributed by atoms with van der Waals surface area (Å²) in [6.07, 6.45) is 2.62. The Bertz CT molecular complexity index is 851. The van der Waals surface area contributed by atoms with E-state index in [1.54, 1.807) is 6.08 Å². The Labute approximate surface area is 165 Å². The molecular weight excluding hydrogens is 414 g/mol. The average molecular weight is 432 g/mol. The van der Waals surface area contributed by atoms with Crippen molar-refractivity contribution in [2.45, 2.75) is 19.9 Å². The molecule has 6 heteroatoms. The molecule has 1 aliphatic heterocycles. The van der Waals surface area contributed by atoms with E-state index in [9.17, 15) is 9.59 Å². The fourth-order valence-electron chi connectivity index (χ4n) is 2.52. The fraction of sp³-hybridized carbons (Fsp3) is 0.200. The molecule has 2 amide bonds. The molecule has 2 aromatic carbocycles. The zero-order chi connectivity index (χ0) is 18.5. The predicted molar refractivity (Wildman–Crippen MR) is 108 cm³/mol. The van der Waals surface area contributed by atoms with Crippen LogP contribution in [0.1, 0.15) is 24.5 Å². The molecule has 1 heterocycles. The number of carbonyl (C=O) groups excluding carboxylic acids is 2. The Morgan fingerprint density at radius 2 is 1.92 bits per heavy atom. The summed E-state index contributed by atoms with van der Waals surface area (Å²) < 4.78 is 6.64. The van der Waals surface area contributed by atoms with Crippen LogP contribution in [0.3, 0.4) is 0 Å². The molecule has 26 heavy (non-hydrogen) atoms. The van der Waals surface area contributed by atoms with Crippen LogP contribution in [0.4, 0.5) is 4.79 Å². The number of hydrogen-bond donors (Lipinski definition) is 0. The molecule has 0 aromatic heterocycles. The number of carbonyl (C=O) groups is 2. The molecule has 4 nitrogen and oxygen atoms in total. The zero-order valence-electron chi connectivity index (χ0n) is 14.3. The third kappa shape index (κ3) is 4.37. The summed E-state index contributed by atoms with van der Waals surface area (Å²) in [5.41, 5.74) is 1.70. The smallest absolute Gasteiger partial charge is 0.293 e.